The molecular weight excluding hydrogens is 96.1 g/mol. The third-order valence-corrected chi connectivity index (χ3v) is 3.68. The quantitative estimate of drug-likeness (QED) is 0.445. The van der Waals surface area contributed by atoms with Crippen LogP contribution in [0.2, 0.25) is 0 Å². The molecule has 0 aromatic rings. The molecule has 3 aliphatic rings. The number of hydrogen-bond donors (Lipinski definition) is 0. The Hall–Kier alpha value is 0. The second kappa shape index (κ2) is 0.984. The Morgan fingerprint density at radius 3 is 1.75 bits per heavy atom. The van der Waals surface area contributed by atoms with Gasteiger partial charge in [0.05, 0.1) is 0 Å². The van der Waals surface area contributed by atoms with Crippen molar-refractivity contribution in [1.29, 1.82) is 0 Å². The van der Waals surface area contributed by atoms with Gasteiger partial charge < -0.3 is 0 Å². The van der Waals surface area contributed by atoms with Gasteiger partial charge in [-0.15, -0.1) is 0 Å². The van der Waals surface area contributed by atoms with Crippen LogP contribution in [0, 0.1) is 23.7 Å². The highest BCUT2D eigenvalue weighted by atomic mass is 14.7. The van der Waals surface area contributed by atoms with Crippen LogP contribution in [0.5, 0.6) is 0 Å². The summed E-state index contributed by atoms with van der Waals surface area (Å²) in [4.78, 5) is 0. The van der Waals surface area contributed by atoms with Crippen molar-refractivity contribution in [3.05, 3.63) is 0 Å². The normalized spacial score (nSPS) is 66.0. The lowest BCUT2D eigenvalue weighted by atomic mass is 10.1. The Labute approximate surface area is 50.3 Å². The monoisotopic (exact) mass is 108 g/mol. The second-order valence-corrected chi connectivity index (χ2v) is 3.82. The van der Waals surface area contributed by atoms with E-state index >= 15 is 0 Å². The molecule has 0 nitrogen and oxygen atoms in total. The molecule has 3 fully saturated rings. The van der Waals surface area contributed by atoms with E-state index in [4.69, 9.17) is 0 Å². The Bertz CT molecular complexity index is 114. The van der Waals surface area contributed by atoms with Crippen molar-refractivity contribution in [1.82, 2.24) is 0 Å². The molecule has 0 amide bonds. The summed E-state index contributed by atoms with van der Waals surface area (Å²) in [6.07, 6.45) is 6.37. The molecule has 8 heavy (non-hydrogen) atoms. The molecule has 0 saturated heterocycles. The van der Waals surface area contributed by atoms with Gasteiger partial charge in [-0.2, -0.15) is 0 Å². The first-order chi connectivity index (χ1) is 3.97. The molecule has 44 valence electrons. The minimum absolute atomic E-state index is 1.21. The van der Waals surface area contributed by atoms with E-state index in [0.717, 1.165) is 0 Å². The van der Waals surface area contributed by atoms with Crippen LogP contribution in [0.1, 0.15) is 25.7 Å². The van der Waals surface area contributed by atoms with Gasteiger partial charge in [0.25, 0.3) is 0 Å². The van der Waals surface area contributed by atoms with Gasteiger partial charge in [0.15, 0.2) is 0 Å². The summed E-state index contributed by atoms with van der Waals surface area (Å²) >= 11 is 0. The average molecular weight is 108 g/mol. The topological polar surface area (TPSA) is 0 Å². The molecule has 0 aromatic heterocycles. The molecule has 3 unspecified atom stereocenters. The van der Waals surface area contributed by atoms with Crippen LogP contribution in [0.25, 0.3) is 0 Å². The van der Waals surface area contributed by atoms with Gasteiger partial charge in [0, 0.05) is 0 Å². The fourth-order valence-corrected chi connectivity index (χ4v) is 3.33. The van der Waals surface area contributed by atoms with Crippen molar-refractivity contribution in [2.24, 2.45) is 23.7 Å². The Morgan fingerprint density at radius 2 is 1.38 bits per heavy atom. The highest BCUT2D eigenvalue weighted by molar-refractivity contribution is 5.09. The minimum Gasteiger partial charge on any atom is -0.0499 e. The van der Waals surface area contributed by atoms with Crippen LogP contribution in [0.15, 0.2) is 0 Å². The summed E-state index contributed by atoms with van der Waals surface area (Å²) in [5.74, 6) is 4.96. The SMILES string of the molecule is C1CC2C3C1CC[C@H]23. The summed E-state index contributed by atoms with van der Waals surface area (Å²) in [7, 11) is 0. The fourth-order valence-electron chi connectivity index (χ4n) is 3.33. The van der Waals surface area contributed by atoms with E-state index in [1.165, 1.54) is 23.7 Å². The summed E-state index contributed by atoms with van der Waals surface area (Å²) in [6, 6.07) is 0. The largest absolute Gasteiger partial charge is 0.0499 e. The van der Waals surface area contributed by atoms with Crippen molar-refractivity contribution in [3.8, 4) is 0 Å². The smallest absolute Gasteiger partial charge is 0.0323 e. The highest BCUT2D eigenvalue weighted by Gasteiger charge is 2.60. The third-order valence-electron chi connectivity index (χ3n) is 3.68. The predicted molar refractivity (Wildman–Crippen MR) is 32.4 cm³/mol. The molecule has 0 aromatic carbocycles. The lowest BCUT2D eigenvalue weighted by Gasteiger charge is -1.99. The Balaban J connectivity index is 2.02. The molecule has 0 radical (unpaired) electrons. The molecule has 4 atom stereocenters. The molecule has 0 heteroatoms. The van der Waals surface area contributed by atoms with Crippen molar-refractivity contribution >= 4 is 0 Å². The number of fused-ring (bicyclic) bond motifs is 1. The number of rotatable bonds is 0. The van der Waals surface area contributed by atoms with Gasteiger partial charge in [0.1, 0.15) is 0 Å². The predicted octanol–water partition coefficient (Wildman–Crippen LogP) is 2.05. The van der Waals surface area contributed by atoms with Crippen LogP contribution in [-0.4, -0.2) is 0 Å². The molecule has 0 bridgehead atoms. The first-order valence-corrected chi connectivity index (χ1v) is 3.97. The zero-order valence-electron chi connectivity index (χ0n) is 5.14. The van der Waals surface area contributed by atoms with Gasteiger partial charge in [0.2, 0.25) is 0 Å². The van der Waals surface area contributed by atoms with Gasteiger partial charge in [-0.25, -0.2) is 0 Å². The van der Waals surface area contributed by atoms with Gasteiger partial charge >= 0.3 is 0 Å². The van der Waals surface area contributed by atoms with E-state index in [1.54, 1.807) is 25.7 Å². The fraction of sp³-hybridized carbons (Fsp3) is 1.00. The van der Waals surface area contributed by atoms with Crippen molar-refractivity contribution < 1.29 is 0 Å². The van der Waals surface area contributed by atoms with Crippen LogP contribution in [0.3, 0.4) is 0 Å². The summed E-state index contributed by atoms with van der Waals surface area (Å²) in [5, 5.41) is 0. The van der Waals surface area contributed by atoms with Crippen molar-refractivity contribution in [2.75, 3.05) is 0 Å². The van der Waals surface area contributed by atoms with Crippen LogP contribution in [0.4, 0.5) is 0 Å². The molecule has 3 rings (SSSR count). The maximum Gasteiger partial charge on any atom is -0.0323 e. The van der Waals surface area contributed by atoms with E-state index in [0.29, 0.717) is 0 Å². The van der Waals surface area contributed by atoms with Gasteiger partial charge in [-0.05, 0) is 49.4 Å². The standard InChI is InChI=1S/C8H12/c1-3-6-7-4-2-5(1)8(6)7/h5-8H,1-4H2/t5?,6-,7?,8?/m1/s1. The summed E-state index contributed by atoms with van der Waals surface area (Å²) < 4.78 is 0. The highest BCUT2D eigenvalue weighted by Crippen LogP contribution is 2.68. The lowest BCUT2D eigenvalue weighted by molar-refractivity contribution is 0.514. The van der Waals surface area contributed by atoms with E-state index in [-0.39, 0.29) is 0 Å². The maximum atomic E-state index is 1.60. The average Bonchev–Trinajstić information content (AvgIpc) is 2.11. The molecule has 0 N–H and O–H groups in total. The van der Waals surface area contributed by atoms with E-state index in [1.807, 2.05) is 0 Å². The first kappa shape index (κ1) is 3.92. The summed E-state index contributed by atoms with van der Waals surface area (Å²) in [6.45, 7) is 0. The van der Waals surface area contributed by atoms with Crippen LogP contribution < -0.4 is 0 Å². The molecule has 0 spiro atoms. The Morgan fingerprint density at radius 1 is 0.750 bits per heavy atom. The maximum absolute atomic E-state index is 1.60. The van der Waals surface area contributed by atoms with Crippen molar-refractivity contribution in [2.45, 2.75) is 25.7 Å². The zero-order chi connectivity index (χ0) is 5.14. The molecule has 0 heterocycles. The Kier molecular flexibility index (Phi) is 0.482. The van der Waals surface area contributed by atoms with Crippen LogP contribution >= 0.6 is 0 Å². The molecule has 3 saturated carbocycles. The summed E-state index contributed by atoms with van der Waals surface area (Å²) in [5.41, 5.74) is 0. The van der Waals surface area contributed by atoms with Gasteiger partial charge in [-0.1, -0.05) is 0 Å². The van der Waals surface area contributed by atoms with Crippen LogP contribution in [-0.2, 0) is 0 Å². The molecular formula is C8H12. The van der Waals surface area contributed by atoms with E-state index < -0.39 is 0 Å². The third kappa shape index (κ3) is 0.260. The lowest BCUT2D eigenvalue weighted by Crippen LogP contribution is -1.89. The van der Waals surface area contributed by atoms with Crippen molar-refractivity contribution in [3.63, 3.8) is 0 Å². The number of hydrogen-bond acceptors (Lipinski definition) is 0. The second-order valence-electron chi connectivity index (χ2n) is 3.82. The molecule has 3 aliphatic carbocycles. The van der Waals surface area contributed by atoms with E-state index in [2.05, 4.69) is 0 Å². The minimum atomic E-state index is 1.21. The first-order valence-electron chi connectivity index (χ1n) is 3.97. The molecule has 0 aliphatic heterocycles. The van der Waals surface area contributed by atoms with Gasteiger partial charge in [-0.3, -0.25) is 0 Å². The zero-order valence-corrected chi connectivity index (χ0v) is 5.14. The van der Waals surface area contributed by atoms with E-state index in [9.17, 15) is 0 Å².